The molecule has 0 atom stereocenters. The van der Waals surface area contributed by atoms with Crippen molar-refractivity contribution in [3.63, 3.8) is 0 Å². The van der Waals surface area contributed by atoms with Gasteiger partial charge in [-0.1, -0.05) is 41.1 Å². The van der Waals surface area contributed by atoms with E-state index in [-0.39, 0.29) is 12.4 Å². The van der Waals surface area contributed by atoms with E-state index in [9.17, 15) is 4.39 Å². The van der Waals surface area contributed by atoms with Gasteiger partial charge >= 0.3 is 0 Å². The second-order valence-corrected chi connectivity index (χ2v) is 5.26. The summed E-state index contributed by atoms with van der Waals surface area (Å²) in [6.45, 7) is 2.34. The van der Waals surface area contributed by atoms with E-state index in [1.165, 1.54) is 17.7 Å². The standard InChI is InChI=1S/C18H17FN4/c1-13-2-4-14(5-3-13)6-11-18-17(12-20)21-22-23(18)16-9-7-15(19)8-10-16/h2-11H,12,20H2,1H3/b11-6+. The minimum absolute atomic E-state index is 0.286. The van der Waals surface area contributed by atoms with Crippen LogP contribution in [0.3, 0.4) is 0 Å². The molecule has 0 amide bonds. The average Bonchev–Trinajstić information content (AvgIpc) is 2.98. The highest BCUT2D eigenvalue weighted by Gasteiger charge is 2.10. The molecule has 116 valence electrons. The Morgan fingerprint density at radius 3 is 2.39 bits per heavy atom. The molecule has 0 radical (unpaired) electrons. The molecule has 0 bridgehead atoms. The monoisotopic (exact) mass is 308 g/mol. The van der Waals surface area contributed by atoms with Crippen LogP contribution in [0.25, 0.3) is 17.8 Å². The molecule has 4 nitrogen and oxygen atoms in total. The van der Waals surface area contributed by atoms with Crippen molar-refractivity contribution in [2.24, 2.45) is 5.73 Å². The lowest BCUT2D eigenvalue weighted by atomic mass is 10.1. The van der Waals surface area contributed by atoms with E-state index in [1.807, 2.05) is 31.2 Å². The van der Waals surface area contributed by atoms with Gasteiger partial charge in [-0.3, -0.25) is 0 Å². The smallest absolute Gasteiger partial charge is 0.123 e. The Morgan fingerprint density at radius 1 is 1.04 bits per heavy atom. The molecule has 1 heterocycles. The van der Waals surface area contributed by atoms with Gasteiger partial charge in [-0.15, -0.1) is 5.10 Å². The van der Waals surface area contributed by atoms with Gasteiger partial charge in [-0.25, -0.2) is 9.07 Å². The normalized spacial score (nSPS) is 11.3. The third kappa shape index (κ3) is 3.35. The Labute approximate surface area is 134 Å². The topological polar surface area (TPSA) is 56.7 Å². The van der Waals surface area contributed by atoms with Crippen molar-refractivity contribution in [3.8, 4) is 5.69 Å². The molecule has 3 rings (SSSR count). The number of nitrogens with zero attached hydrogens (tertiary/aromatic N) is 3. The predicted octanol–water partition coefficient (Wildman–Crippen LogP) is 3.34. The summed E-state index contributed by atoms with van der Waals surface area (Å²) >= 11 is 0. The zero-order valence-electron chi connectivity index (χ0n) is 12.8. The molecule has 3 aromatic rings. The van der Waals surface area contributed by atoms with Crippen molar-refractivity contribution in [1.29, 1.82) is 0 Å². The molecule has 0 spiro atoms. The first-order chi connectivity index (χ1) is 11.2. The van der Waals surface area contributed by atoms with Crippen molar-refractivity contribution in [1.82, 2.24) is 15.0 Å². The first kappa shape index (κ1) is 15.1. The summed E-state index contributed by atoms with van der Waals surface area (Å²) < 4.78 is 14.8. The van der Waals surface area contributed by atoms with Gasteiger partial charge in [0.15, 0.2) is 0 Å². The fourth-order valence-corrected chi connectivity index (χ4v) is 2.26. The second kappa shape index (κ2) is 6.54. The lowest BCUT2D eigenvalue weighted by Crippen LogP contribution is -2.02. The molecular formula is C18H17FN4. The quantitative estimate of drug-likeness (QED) is 0.804. The molecule has 0 fully saturated rings. The number of benzene rings is 2. The van der Waals surface area contributed by atoms with E-state index in [2.05, 4.69) is 22.4 Å². The minimum Gasteiger partial charge on any atom is -0.325 e. The van der Waals surface area contributed by atoms with E-state index in [0.717, 1.165) is 16.9 Å². The van der Waals surface area contributed by atoms with Gasteiger partial charge in [-0.2, -0.15) is 0 Å². The van der Waals surface area contributed by atoms with Crippen LogP contribution in [0.4, 0.5) is 4.39 Å². The highest BCUT2D eigenvalue weighted by atomic mass is 19.1. The van der Waals surface area contributed by atoms with Gasteiger partial charge in [0.1, 0.15) is 11.5 Å². The predicted molar refractivity (Wildman–Crippen MR) is 89.3 cm³/mol. The Morgan fingerprint density at radius 2 is 1.74 bits per heavy atom. The van der Waals surface area contributed by atoms with Crippen LogP contribution in [0.5, 0.6) is 0 Å². The van der Waals surface area contributed by atoms with E-state index >= 15 is 0 Å². The van der Waals surface area contributed by atoms with Crippen LogP contribution in [-0.4, -0.2) is 15.0 Å². The lowest BCUT2D eigenvalue weighted by Gasteiger charge is -2.04. The molecule has 0 unspecified atom stereocenters. The van der Waals surface area contributed by atoms with Gasteiger partial charge in [-0.05, 0) is 42.8 Å². The molecular weight excluding hydrogens is 291 g/mol. The second-order valence-electron chi connectivity index (χ2n) is 5.26. The highest BCUT2D eigenvalue weighted by molar-refractivity contribution is 5.69. The van der Waals surface area contributed by atoms with Crippen molar-refractivity contribution in [3.05, 3.63) is 76.9 Å². The summed E-state index contributed by atoms with van der Waals surface area (Å²) in [4.78, 5) is 0. The fraction of sp³-hybridized carbons (Fsp3) is 0.111. The van der Waals surface area contributed by atoms with E-state index in [4.69, 9.17) is 5.73 Å². The van der Waals surface area contributed by atoms with Gasteiger partial charge in [0.2, 0.25) is 0 Å². The fourth-order valence-electron chi connectivity index (χ4n) is 2.26. The Kier molecular flexibility index (Phi) is 4.30. The number of hydrogen-bond acceptors (Lipinski definition) is 3. The van der Waals surface area contributed by atoms with Crippen LogP contribution in [0, 0.1) is 12.7 Å². The largest absolute Gasteiger partial charge is 0.325 e. The average molecular weight is 308 g/mol. The zero-order chi connectivity index (χ0) is 16.2. The Bertz CT molecular complexity index is 817. The lowest BCUT2D eigenvalue weighted by molar-refractivity contribution is 0.626. The van der Waals surface area contributed by atoms with E-state index < -0.39 is 0 Å². The zero-order valence-corrected chi connectivity index (χ0v) is 12.8. The van der Waals surface area contributed by atoms with Crippen LogP contribution in [-0.2, 0) is 6.54 Å². The van der Waals surface area contributed by atoms with Crippen molar-refractivity contribution < 1.29 is 4.39 Å². The first-order valence-electron chi connectivity index (χ1n) is 7.33. The molecule has 0 saturated carbocycles. The molecule has 5 heteroatoms. The molecule has 0 aliphatic carbocycles. The minimum atomic E-state index is -0.287. The van der Waals surface area contributed by atoms with Crippen LogP contribution in [0.15, 0.2) is 48.5 Å². The number of hydrogen-bond donors (Lipinski definition) is 1. The Balaban J connectivity index is 1.98. The first-order valence-corrected chi connectivity index (χ1v) is 7.33. The van der Waals surface area contributed by atoms with Gasteiger partial charge in [0.25, 0.3) is 0 Å². The number of nitrogens with two attached hydrogens (primary N) is 1. The number of rotatable bonds is 4. The maximum atomic E-state index is 13.1. The summed E-state index contributed by atoms with van der Waals surface area (Å²) in [6, 6.07) is 14.3. The van der Waals surface area contributed by atoms with Crippen LogP contribution in [0.2, 0.25) is 0 Å². The van der Waals surface area contributed by atoms with Crippen molar-refractivity contribution in [2.45, 2.75) is 13.5 Å². The SMILES string of the molecule is Cc1ccc(/C=C/c2c(CN)nnn2-c2ccc(F)cc2)cc1. The molecule has 23 heavy (non-hydrogen) atoms. The highest BCUT2D eigenvalue weighted by Crippen LogP contribution is 2.17. The van der Waals surface area contributed by atoms with Crippen LogP contribution < -0.4 is 5.73 Å². The third-order valence-corrected chi connectivity index (χ3v) is 3.55. The van der Waals surface area contributed by atoms with Crippen LogP contribution >= 0.6 is 0 Å². The summed E-state index contributed by atoms with van der Waals surface area (Å²) in [5, 5.41) is 8.23. The molecule has 2 N–H and O–H groups in total. The molecule has 1 aromatic heterocycles. The number of aromatic nitrogens is 3. The molecule has 0 saturated heterocycles. The van der Waals surface area contributed by atoms with Crippen molar-refractivity contribution >= 4 is 12.2 Å². The van der Waals surface area contributed by atoms with E-state index in [1.54, 1.807) is 16.8 Å². The third-order valence-electron chi connectivity index (χ3n) is 3.55. The molecule has 0 aliphatic heterocycles. The number of halogens is 1. The summed E-state index contributed by atoms with van der Waals surface area (Å²) in [5.41, 5.74) is 10.3. The van der Waals surface area contributed by atoms with Gasteiger partial charge < -0.3 is 5.73 Å². The summed E-state index contributed by atoms with van der Waals surface area (Å²) in [7, 11) is 0. The maximum Gasteiger partial charge on any atom is 0.123 e. The number of aryl methyl sites for hydroxylation is 1. The van der Waals surface area contributed by atoms with Gasteiger partial charge in [0.05, 0.1) is 11.4 Å². The van der Waals surface area contributed by atoms with Crippen LogP contribution in [0.1, 0.15) is 22.5 Å². The Hall–Kier alpha value is -2.79. The van der Waals surface area contributed by atoms with Crippen molar-refractivity contribution in [2.75, 3.05) is 0 Å². The summed E-state index contributed by atoms with van der Waals surface area (Å²) in [5.74, 6) is -0.287. The van der Waals surface area contributed by atoms with Gasteiger partial charge in [0, 0.05) is 6.54 Å². The summed E-state index contributed by atoms with van der Waals surface area (Å²) in [6.07, 6.45) is 3.91. The molecule has 2 aromatic carbocycles. The van der Waals surface area contributed by atoms with E-state index in [0.29, 0.717) is 5.69 Å². The molecule has 0 aliphatic rings. The maximum absolute atomic E-state index is 13.1.